The molecule has 1 aliphatic carbocycles. The van der Waals surface area contributed by atoms with Crippen LogP contribution >= 0.6 is 0 Å². The zero-order valence-electron chi connectivity index (χ0n) is 11.8. The van der Waals surface area contributed by atoms with E-state index >= 15 is 0 Å². The molecule has 0 bridgehead atoms. The van der Waals surface area contributed by atoms with Crippen molar-refractivity contribution in [1.82, 2.24) is 10.2 Å². The van der Waals surface area contributed by atoms with Crippen molar-refractivity contribution in [3.63, 3.8) is 0 Å². The molecule has 0 radical (unpaired) electrons. The molecule has 2 aliphatic rings. The van der Waals surface area contributed by atoms with Gasteiger partial charge in [-0.05, 0) is 30.9 Å². The van der Waals surface area contributed by atoms with Crippen molar-refractivity contribution < 1.29 is 4.79 Å². The fourth-order valence-corrected chi connectivity index (χ4v) is 2.90. The third-order valence-corrected chi connectivity index (χ3v) is 4.35. The molecule has 2 atom stereocenters. The Labute approximate surface area is 120 Å². The van der Waals surface area contributed by atoms with E-state index in [9.17, 15) is 4.79 Å². The number of hydrogen-bond donors (Lipinski definition) is 2. The number of hydrogen-bond acceptors (Lipinski definition) is 3. The first-order chi connectivity index (χ1) is 9.74. The topological polar surface area (TPSA) is 58.4 Å². The Bertz CT molecular complexity index is 458. The van der Waals surface area contributed by atoms with Gasteiger partial charge in [0, 0.05) is 25.0 Å². The monoisotopic (exact) mass is 273 g/mol. The van der Waals surface area contributed by atoms with Crippen LogP contribution in [0.2, 0.25) is 0 Å². The van der Waals surface area contributed by atoms with E-state index in [4.69, 9.17) is 5.73 Å². The van der Waals surface area contributed by atoms with E-state index in [2.05, 4.69) is 17.4 Å². The Morgan fingerprint density at radius 2 is 2.00 bits per heavy atom. The Balaban J connectivity index is 1.52. The summed E-state index contributed by atoms with van der Waals surface area (Å²) in [6, 6.07) is 10.3. The average molecular weight is 273 g/mol. The molecule has 2 fully saturated rings. The van der Waals surface area contributed by atoms with E-state index in [1.807, 2.05) is 23.1 Å². The van der Waals surface area contributed by atoms with Gasteiger partial charge in [0.15, 0.2) is 0 Å². The summed E-state index contributed by atoms with van der Waals surface area (Å²) in [6.07, 6.45) is 2.62. The summed E-state index contributed by atoms with van der Waals surface area (Å²) in [5.41, 5.74) is 7.45. The van der Waals surface area contributed by atoms with Crippen LogP contribution in [0.15, 0.2) is 30.3 Å². The van der Waals surface area contributed by atoms with Crippen molar-refractivity contribution in [1.29, 1.82) is 0 Å². The van der Waals surface area contributed by atoms with Gasteiger partial charge in [-0.25, -0.2) is 0 Å². The van der Waals surface area contributed by atoms with Crippen molar-refractivity contribution >= 4 is 5.91 Å². The smallest absolute Gasteiger partial charge is 0.236 e. The lowest BCUT2D eigenvalue weighted by atomic mass is 9.95. The second kappa shape index (κ2) is 5.94. The third kappa shape index (κ3) is 3.19. The van der Waals surface area contributed by atoms with E-state index in [0.29, 0.717) is 13.1 Å². The maximum atomic E-state index is 12.2. The van der Waals surface area contributed by atoms with E-state index in [-0.39, 0.29) is 17.9 Å². The minimum atomic E-state index is 0.0461. The van der Waals surface area contributed by atoms with E-state index < -0.39 is 0 Å². The molecule has 0 unspecified atom stereocenters. The summed E-state index contributed by atoms with van der Waals surface area (Å²) in [6.45, 7) is 2.84. The lowest BCUT2D eigenvalue weighted by Gasteiger charge is -2.17. The van der Waals surface area contributed by atoms with Gasteiger partial charge in [0.25, 0.3) is 0 Å². The van der Waals surface area contributed by atoms with Gasteiger partial charge in [-0.2, -0.15) is 0 Å². The number of amides is 1. The molecule has 108 valence electrons. The molecule has 4 nitrogen and oxygen atoms in total. The maximum absolute atomic E-state index is 12.2. The number of nitrogens with two attached hydrogens (primary N) is 1. The Morgan fingerprint density at radius 1 is 1.25 bits per heavy atom. The van der Waals surface area contributed by atoms with Crippen LogP contribution in [0.5, 0.6) is 0 Å². The minimum Gasteiger partial charge on any atom is -0.339 e. The average Bonchev–Trinajstić information content (AvgIpc) is 3.20. The highest BCUT2D eigenvalue weighted by Gasteiger charge is 2.33. The normalized spacial score (nSPS) is 25.9. The second-order valence-electron chi connectivity index (χ2n) is 6.05. The number of nitrogens with one attached hydrogen (secondary N) is 1. The van der Waals surface area contributed by atoms with Crippen molar-refractivity contribution in [2.45, 2.75) is 24.8 Å². The molecule has 1 aromatic rings. The van der Waals surface area contributed by atoms with Crippen LogP contribution in [0, 0.1) is 5.92 Å². The predicted molar refractivity (Wildman–Crippen MR) is 79.3 cm³/mol. The molecule has 0 aromatic heterocycles. The van der Waals surface area contributed by atoms with Crippen molar-refractivity contribution in [2.24, 2.45) is 11.7 Å². The zero-order valence-corrected chi connectivity index (χ0v) is 11.8. The van der Waals surface area contributed by atoms with Gasteiger partial charge in [0.1, 0.15) is 0 Å². The van der Waals surface area contributed by atoms with Crippen LogP contribution < -0.4 is 11.1 Å². The molecule has 0 spiro atoms. The maximum Gasteiger partial charge on any atom is 0.236 e. The molecule has 1 saturated carbocycles. The molecule has 1 amide bonds. The van der Waals surface area contributed by atoms with Gasteiger partial charge in [0.05, 0.1) is 6.54 Å². The molecular formula is C16H23N3O. The van der Waals surface area contributed by atoms with E-state index in [1.165, 1.54) is 18.4 Å². The van der Waals surface area contributed by atoms with Crippen LogP contribution in [-0.2, 0) is 4.79 Å². The molecule has 1 aliphatic heterocycles. The van der Waals surface area contributed by atoms with E-state index in [1.54, 1.807) is 0 Å². The lowest BCUT2D eigenvalue weighted by Crippen LogP contribution is -2.38. The standard InChI is InChI=1S/C16H23N3O/c17-15-11-19(16(20)9-18-8-12-6-7-12)10-14(15)13-4-2-1-3-5-13/h1-5,12,14-15,18H,6-11,17H2/t14-,15+/m0/s1. The quantitative estimate of drug-likeness (QED) is 0.839. The molecule has 3 rings (SSSR count). The number of likely N-dealkylation sites (tertiary alicyclic amines) is 1. The molecule has 3 N–H and O–H groups in total. The summed E-state index contributed by atoms with van der Waals surface area (Å²) in [4.78, 5) is 14.1. The number of nitrogens with zero attached hydrogens (tertiary/aromatic N) is 1. The molecule has 1 aromatic carbocycles. The summed E-state index contributed by atoms with van der Waals surface area (Å²) >= 11 is 0. The molecule has 20 heavy (non-hydrogen) atoms. The largest absolute Gasteiger partial charge is 0.339 e. The van der Waals surface area contributed by atoms with Crippen molar-refractivity contribution in [3.05, 3.63) is 35.9 Å². The highest BCUT2D eigenvalue weighted by atomic mass is 16.2. The molecule has 1 heterocycles. The summed E-state index contributed by atoms with van der Waals surface area (Å²) < 4.78 is 0. The Kier molecular flexibility index (Phi) is 4.03. The van der Waals surface area contributed by atoms with Crippen LogP contribution in [-0.4, -0.2) is 43.0 Å². The zero-order chi connectivity index (χ0) is 13.9. The second-order valence-corrected chi connectivity index (χ2v) is 6.05. The fourth-order valence-electron chi connectivity index (χ4n) is 2.90. The summed E-state index contributed by atoms with van der Waals surface area (Å²) in [7, 11) is 0. The van der Waals surface area contributed by atoms with Gasteiger partial charge in [-0.15, -0.1) is 0 Å². The minimum absolute atomic E-state index is 0.0461. The summed E-state index contributed by atoms with van der Waals surface area (Å²) in [5.74, 6) is 1.25. The lowest BCUT2D eigenvalue weighted by molar-refractivity contribution is -0.129. The van der Waals surface area contributed by atoms with Crippen molar-refractivity contribution in [3.8, 4) is 0 Å². The number of carbonyl (C=O) groups is 1. The predicted octanol–water partition coefficient (Wildman–Crippen LogP) is 0.939. The molecule has 4 heteroatoms. The highest BCUT2D eigenvalue weighted by molar-refractivity contribution is 5.78. The van der Waals surface area contributed by atoms with Gasteiger partial charge in [0.2, 0.25) is 5.91 Å². The third-order valence-electron chi connectivity index (χ3n) is 4.35. The van der Waals surface area contributed by atoms with Gasteiger partial charge in [-0.3, -0.25) is 4.79 Å². The van der Waals surface area contributed by atoms with Crippen molar-refractivity contribution in [2.75, 3.05) is 26.2 Å². The molecule has 1 saturated heterocycles. The Morgan fingerprint density at radius 3 is 2.70 bits per heavy atom. The van der Waals surface area contributed by atoms with E-state index in [0.717, 1.165) is 19.0 Å². The van der Waals surface area contributed by atoms with Crippen LogP contribution in [0.3, 0.4) is 0 Å². The summed E-state index contributed by atoms with van der Waals surface area (Å²) in [5, 5.41) is 3.26. The first kappa shape index (κ1) is 13.6. The van der Waals surface area contributed by atoms with Gasteiger partial charge in [-0.1, -0.05) is 30.3 Å². The van der Waals surface area contributed by atoms with Gasteiger partial charge < -0.3 is 16.0 Å². The fraction of sp³-hybridized carbons (Fsp3) is 0.562. The first-order valence-electron chi connectivity index (χ1n) is 7.53. The number of benzene rings is 1. The van der Waals surface area contributed by atoms with Crippen LogP contribution in [0.4, 0.5) is 0 Å². The number of carbonyl (C=O) groups excluding carboxylic acids is 1. The molecular weight excluding hydrogens is 250 g/mol. The SMILES string of the molecule is N[C@@H]1CN(C(=O)CNCC2CC2)C[C@H]1c1ccccc1. The van der Waals surface area contributed by atoms with Crippen LogP contribution in [0.25, 0.3) is 0 Å². The van der Waals surface area contributed by atoms with Crippen LogP contribution in [0.1, 0.15) is 24.3 Å². The number of rotatable bonds is 5. The Hall–Kier alpha value is -1.39. The first-order valence-corrected chi connectivity index (χ1v) is 7.53. The highest BCUT2D eigenvalue weighted by Crippen LogP contribution is 2.28. The van der Waals surface area contributed by atoms with Gasteiger partial charge >= 0.3 is 0 Å².